The molecule has 0 radical (unpaired) electrons. The molecule has 5 heteroatoms. The number of methoxy groups -OCH3 is 1. The van der Waals surface area contributed by atoms with Crippen LogP contribution in [0.3, 0.4) is 0 Å². The van der Waals surface area contributed by atoms with Crippen LogP contribution in [0.2, 0.25) is 0 Å². The van der Waals surface area contributed by atoms with Crippen LogP contribution in [0.4, 0.5) is 5.82 Å². The first-order chi connectivity index (χ1) is 8.26. The Balaban J connectivity index is 2.54. The lowest BCUT2D eigenvalue weighted by atomic mass is 10.2. The Hall–Kier alpha value is -2.61. The minimum absolute atomic E-state index is 0.170. The van der Waals surface area contributed by atoms with Gasteiger partial charge in [0, 0.05) is 0 Å². The van der Waals surface area contributed by atoms with E-state index < -0.39 is 0 Å². The standard InChI is InChI=1S/C12H10N4O/c1-17-10-5-3-2-4-9(10)12-15-7-8(6-13)11(14)16-12/h2-5,7H,1H3,(H2,14,15,16). The third-order valence-electron chi connectivity index (χ3n) is 2.29. The minimum Gasteiger partial charge on any atom is -0.496 e. The van der Waals surface area contributed by atoms with E-state index in [1.807, 2.05) is 30.3 Å². The maximum absolute atomic E-state index is 8.75. The first kappa shape index (κ1) is 10.9. The summed E-state index contributed by atoms with van der Waals surface area (Å²) in [4.78, 5) is 8.18. The SMILES string of the molecule is COc1ccccc1-c1ncc(C#N)c(N)n1. The van der Waals surface area contributed by atoms with Crippen LogP contribution in [0.25, 0.3) is 11.4 Å². The van der Waals surface area contributed by atoms with Gasteiger partial charge in [0.15, 0.2) is 5.82 Å². The zero-order valence-corrected chi connectivity index (χ0v) is 9.21. The first-order valence-electron chi connectivity index (χ1n) is 4.92. The van der Waals surface area contributed by atoms with Gasteiger partial charge in [0.1, 0.15) is 23.2 Å². The molecule has 5 nitrogen and oxygen atoms in total. The van der Waals surface area contributed by atoms with Crippen molar-refractivity contribution in [2.45, 2.75) is 0 Å². The fourth-order valence-corrected chi connectivity index (χ4v) is 1.44. The maximum atomic E-state index is 8.75. The molecule has 1 aromatic heterocycles. The molecule has 2 rings (SSSR count). The summed E-state index contributed by atoms with van der Waals surface area (Å²) in [7, 11) is 1.58. The van der Waals surface area contributed by atoms with Crippen molar-refractivity contribution in [2.24, 2.45) is 0 Å². The fraction of sp³-hybridized carbons (Fsp3) is 0.0833. The summed E-state index contributed by atoms with van der Waals surface area (Å²) >= 11 is 0. The highest BCUT2D eigenvalue weighted by Crippen LogP contribution is 2.27. The van der Waals surface area contributed by atoms with Crippen molar-refractivity contribution in [1.82, 2.24) is 9.97 Å². The Morgan fingerprint density at radius 2 is 2.12 bits per heavy atom. The molecule has 17 heavy (non-hydrogen) atoms. The van der Waals surface area contributed by atoms with Crippen LogP contribution >= 0.6 is 0 Å². The van der Waals surface area contributed by atoms with Crippen LogP contribution < -0.4 is 10.5 Å². The monoisotopic (exact) mass is 226 g/mol. The van der Waals surface area contributed by atoms with Gasteiger partial charge in [0.25, 0.3) is 0 Å². The lowest BCUT2D eigenvalue weighted by Crippen LogP contribution is -2.00. The molecule has 2 N–H and O–H groups in total. The van der Waals surface area contributed by atoms with E-state index in [1.54, 1.807) is 7.11 Å². The number of benzene rings is 1. The van der Waals surface area contributed by atoms with Gasteiger partial charge in [-0.25, -0.2) is 9.97 Å². The zero-order chi connectivity index (χ0) is 12.3. The molecule has 0 fully saturated rings. The van der Waals surface area contributed by atoms with E-state index in [1.165, 1.54) is 6.20 Å². The molecule has 0 aliphatic heterocycles. The Labute approximate surface area is 98.5 Å². The van der Waals surface area contributed by atoms with E-state index in [9.17, 15) is 0 Å². The molecular weight excluding hydrogens is 216 g/mol. The second-order valence-electron chi connectivity index (χ2n) is 3.30. The van der Waals surface area contributed by atoms with Crippen LogP contribution in [0.1, 0.15) is 5.56 Å². The molecule has 0 unspecified atom stereocenters. The number of hydrogen-bond acceptors (Lipinski definition) is 5. The molecule has 0 bridgehead atoms. The average Bonchev–Trinajstić information content (AvgIpc) is 2.38. The van der Waals surface area contributed by atoms with Crippen molar-refractivity contribution in [3.63, 3.8) is 0 Å². The van der Waals surface area contributed by atoms with E-state index in [0.29, 0.717) is 11.6 Å². The molecule has 0 saturated heterocycles. The number of para-hydroxylation sites is 1. The maximum Gasteiger partial charge on any atom is 0.165 e. The van der Waals surface area contributed by atoms with Gasteiger partial charge >= 0.3 is 0 Å². The molecule has 2 aromatic rings. The number of nitriles is 1. The second kappa shape index (κ2) is 4.49. The molecule has 0 amide bonds. The summed E-state index contributed by atoms with van der Waals surface area (Å²) in [6.07, 6.45) is 1.41. The molecule has 0 aliphatic carbocycles. The van der Waals surface area contributed by atoms with E-state index in [0.717, 1.165) is 5.56 Å². The van der Waals surface area contributed by atoms with Crippen molar-refractivity contribution >= 4 is 5.82 Å². The molecule has 0 saturated carbocycles. The highest BCUT2D eigenvalue weighted by Gasteiger charge is 2.09. The Kier molecular flexibility index (Phi) is 2.88. The highest BCUT2D eigenvalue weighted by atomic mass is 16.5. The molecule has 1 heterocycles. The van der Waals surface area contributed by atoms with Gasteiger partial charge in [0.2, 0.25) is 0 Å². The van der Waals surface area contributed by atoms with Crippen molar-refractivity contribution in [3.8, 4) is 23.2 Å². The summed E-state index contributed by atoms with van der Waals surface area (Å²) in [6.45, 7) is 0. The van der Waals surface area contributed by atoms with Gasteiger partial charge in [-0.3, -0.25) is 0 Å². The van der Waals surface area contributed by atoms with Crippen molar-refractivity contribution < 1.29 is 4.74 Å². The number of nitrogens with zero attached hydrogens (tertiary/aromatic N) is 3. The normalized spacial score (nSPS) is 9.65. The van der Waals surface area contributed by atoms with Crippen molar-refractivity contribution in [3.05, 3.63) is 36.0 Å². The van der Waals surface area contributed by atoms with Crippen molar-refractivity contribution in [1.29, 1.82) is 5.26 Å². The number of anilines is 1. The Bertz CT molecular complexity index is 589. The van der Waals surface area contributed by atoms with Crippen LogP contribution in [-0.4, -0.2) is 17.1 Å². The number of ether oxygens (including phenoxy) is 1. The lowest BCUT2D eigenvalue weighted by Gasteiger charge is -2.07. The number of hydrogen-bond donors (Lipinski definition) is 1. The molecule has 84 valence electrons. The van der Waals surface area contributed by atoms with Crippen LogP contribution in [0.15, 0.2) is 30.5 Å². The summed E-state index contributed by atoms with van der Waals surface area (Å²) in [5.74, 6) is 1.28. The van der Waals surface area contributed by atoms with Gasteiger partial charge < -0.3 is 10.5 Å². The zero-order valence-electron chi connectivity index (χ0n) is 9.21. The largest absolute Gasteiger partial charge is 0.496 e. The number of nitrogens with two attached hydrogens (primary N) is 1. The first-order valence-corrected chi connectivity index (χ1v) is 4.92. The van der Waals surface area contributed by atoms with Gasteiger partial charge in [0.05, 0.1) is 18.9 Å². The number of nitrogen functional groups attached to an aromatic ring is 1. The summed E-state index contributed by atoms with van der Waals surface area (Å²) < 4.78 is 5.21. The van der Waals surface area contributed by atoms with E-state index in [-0.39, 0.29) is 11.4 Å². The van der Waals surface area contributed by atoms with Crippen LogP contribution in [0.5, 0.6) is 5.75 Å². The minimum atomic E-state index is 0.170. The molecular formula is C12H10N4O. The highest BCUT2D eigenvalue weighted by molar-refractivity contribution is 5.66. The summed E-state index contributed by atoms with van der Waals surface area (Å²) in [5.41, 5.74) is 6.66. The van der Waals surface area contributed by atoms with Gasteiger partial charge in [-0.05, 0) is 12.1 Å². The smallest absolute Gasteiger partial charge is 0.165 e. The third-order valence-corrected chi connectivity index (χ3v) is 2.29. The van der Waals surface area contributed by atoms with Gasteiger partial charge in [-0.1, -0.05) is 12.1 Å². The van der Waals surface area contributed by atoms with Crippen molar-refractivity contribution in [2.75, 3.05) is 12.8 Å². The summed E-state index contributed by atoms with van der Waals surface area (Å²) in [6, 6.07) is 9.28. The van der Waals surface area contributed by atoms with E-state index >= 15 is 0 Å². The number of aromatic nitrogens is 2. The molecule has 1 aromatic carbocycles. The molecule has 0 atom stereocenters. The van der Waals surface area contributed by atoms with Gasteiger partial charge in [-0.2, -0.15) is 5.26 Å². The quantitative estimate of drug-likeness (QED) is 0.840. The lowest BCUT2D eigenvalue weighted by molar-refractivity contribution is 0.416. The summed E-state index contributed by atoms with van der Waals surface area (Å²) in [5, 5.41) is 8.75. The van der Waals surface area contributed by atoms with E-state index in [4.69, 9.17) is 15.7 Å². The average molecular weight is 226 g/mol. The number of rotatable bonds is 2. The van der Waals surface area contributed by atoms with Crippen LogP contribution in [-0.2, 0) is 0 Å². The molecule has 0 aliphatic rings. The third kappa shape index (κ3) is 2.01. The Morgan fingerprint density at radius 3 is 2.76 bits per heavy atom. The Morgan fingerprint density at radius 1 is 1.35 bits per heavy atom. The van der Waals surface area contributed by atoms with Gasteiger partial charge in [-0.15, -0.1) is 0 Å². The predicted octanol–water partition coefficient (Wildman–Crippen LogP) is 1.61. The predicted molar refractivity (Wildman–Crippen MR) is 63.1 cm³/mol. The van der Waals surface area contributed by atoms with E-state index in [2.05, 4.69) is 9.97 Å². The van der Waals surface area contributed by atoms with Crippen LogP contribution in [0, 0.1) is 11.3 Å². The topological polar surface area (TPSA) is 84.8 Å². The second-order valence-corrected chi connectivity index (χ2v) is 3.30. The molecule has 0 spiro atoms. The fourth-order valence-electron chi connectivity index (χ4n) is 1.44.